The van der Waals surface area contributed by atoms with E-state index in [0.717, 1.165) is 40.7 Å². The number of halogens is 1. The van der Waals surface area contributed by atoms with Gasteiger partial charge in [0.25, 0.3) is 0 Å². The van der Waals surface area contributed by atoms with E-state index < -0.39 is 0 Å². The van der Waals surface area contributed by atoms with Crippen LogP contribution in [0, 0.1) is 18.3 Å². The largest absolute Gasteiger partial charge is 0.437 e. The molecule has 0 spiro atoms. The molecule has 1 aromatic carbocycles. The number of rotatable bonds is 2. The second kappa shape index (κ2) is 5.87. The number of aromatic nitrogens is 1. The van der Waals surface area contributed by atoms with Crippen molar-refractivity contribution in [3.63, 3.8) is 0 Å². The summed E-state index contributed by atoms with van der Waals surface area (Å²) >= 11 is 3.44. The molecule has 3 rings (SSSR count). The Labute approximate surface area is 132 Å². The van der Waals surface area contributed by atoms with Crippen molar-refractivity contribution in [1.82, 2.24) is 4.98 Å². The van der Waals surface area contributed by atoms with Crippen molar-refractivity contribution in [3.8, 4) is 17.7 Å². The van der Waals surface area contributed by atoms with E-state index in [0.29, 0.717) is 11.4 Å². The van der Waals surface area contributed by atoms with Crippen LogP contribution in [0.1, 0.15) is 35.2 Å². The van der Waals surface area contributed by atoms with E-state index in [1.807, 2.05) is 31.2 Å². The fraction of sp³-hybridized carbons (Fsp3) is 0.294. The Morgan fingerprint density at radius 2 is 2.05 bits per heavy atom. The quantitative estimate of drug-likeness (QED) is 0.794. The minimum absolute atomic E-state index is 0.416. The first-order valence-electron chi connectivity index (χ1n) is 7.04. The summed E-state index contributed by atoms with van der Waals surface area (Å²) < 4.78 is 6.86. The van der Waals surface area contributed by atoms with E-state index in [1.165, 1.54) is 12.0 Å². The van der Waals surface area contributed by atoms with Gasteiger partial charge in [-0.1, -0.05) is 22.0 Å². The number of nitrogens with zero attached hydrogens (tertiary/aromatic N) is 2. The van der Waals surface area contributed by atoms with Gasteiger partial charge in [0.15, 0.2) is 0 Å². The van der Waals surface area contributed by atoms with Crippen LogP contribution >= 0.6 is 15.9 Å². The molecule has 0 amide bonds. The highest BCUT2D eigenvalue weighted by molar-refractivity contribution is 9.10. The predicted octanol–water partition coefficient (Wildman–Crippen LogP) is 4.70. The molecule has 0 saturated heterocycles. The van der Waals surface area contributed by atoms with E-state index in [1.54, 1.807) is 0 Å². The summed E-state index contributed by atoms with van der Waals surface area (Å²) in [7, 11) is 0. The number of benzene rings is 1. The number of pyridine rings is 1. The highest BCUT2D eigenvalue weighted by Gasteiger charge is 2.17. The molecule has 1 aliphatic rings. The summed E-state index contributed by atoms with van der Waals surface area (Å²) in [6.07, 6.45) is 4.30. The monoisotopic (exact) mass is 342 g/mol. The normalized spacial score (nSPS) is 13.4. The third kappa shape index (κ3) is 2.93. The van der Waals surface area contributed by atoms with Crippen LogP contribution in [-0.2, 0) is 12.8 Å². The Balaban J connectivity index is 2.02. The molecule has 0 fully saturated rings. The van der Waals surface area contributed by atoms with E-state index in [9.17, 15) is 5.26 Å². The molecule has 1 aromatic heterocycles. The third-order valence-corrected chi connectivity index (χ3v) is 4.24. The Kier molecular flexibility index (Phi) is 3.94. The first kappa shape index (κ1) is 14.1. The van der Waals surface area contributed by atoms with Gasteiger partial charge in [-0.15, -0.1) is 0 Å². The SMILES string of the molecule is Cc1ccc(Br)cc1Oc1nc2c(cc1C#N)CCCC2. The molecule has 0 bridgehead atoms. The molecular weight excluding hydrogens is 328 g/mol. The Hall–Kier alpha value is -1.86. The molecule has 21 heavy (non-hydrogen) atoms. The molecule has 0 radical (unpaired) electrons. The number of hydrogen-bond donors (Lipinski definition) is 0. The molecule has 0 saturated carbocycles. The van der Waals surface area contributed by atoms with Gasteiger partial charge in [0, 0.05) is 10.2 Å². The van der Waals surface area contributed by atoms with Crippen LogP contribution in [0.4, 0.5) is 0 Å². The molecular formula is C17H15BrN2O. The molecule has 1 aliphatic carbocycles. The van der Waals surface area contributed by atoms with Gasteiger partial charge in [0.2, 0.25) is 5.88 Å². The van der Waals surface area contributed by atoms with Crippen molar-refractivity contribution in [2.45, 2.75) is 32.6 Å². The van der Waals surface area contributed by atoms with Crippen LogP contribution < -0.4 is 4.74 Å². The topological polar surface area (TPSA) is 45.9 Å². The maximum atomic E-state index is 9.34. The smallest absolute Gasteiger partial charge is 0.237 e. The second-order valence-electron chi connectivity index (χ2n) is 5.28. The molecule has 106 valence electrons. The zero-order chi connectivity index (χ0) is 14.8. The highest BCUT2D eigenvalue weighted by atomic mass is 79.9. The van der Waals surface area contributed by atoms with Gasteiger partial charge in [-0.2, -0.15) is 5.26 Å². The lowest BCUT2D eigenvalue weighted by atomic mass is 9.95. The Morgan fingerprint density at radius 3 is 2.86 bits per heavy atom. The van der Waals surface area contributed by atoms with E-state index >= 15 is 0 Å². The number of nitriles is 1. The van der Waals surface area contributed by atoms with Crippen LogP contribution in [-0.4, -0.2) is 4.98 Å². The first-order chi connectivity index (χ1) is 10.2. The molecule has 2 aromatic rings. The fourth-order valence-electron chi connectivity index (χ4n) is 2.56. The van der Waals surface area contributed by atoms with Crippen LogP contribution in [0.5, 0.6) is 11.6 Å². The molecule has 0 aliphatic heterocycles. The molecule has 0 unspecified atom stereocenters. The number of aryl methyl sites for hydroxylation is 3. The molecule has 1 heterocycles. The second-order valence-corrected chi connectivity index (χ2v) is 6.19. The van der Waals surface area contributed by atoms with Crippen LogP contribution in [0.3, 0.4) is 0 Å². The van der Waals surface area contributed by atoms with Gasteiger partial charge in [-0.05, 0) is 61.9 Å². The lowest BCUT2D eigenvalue weighted by Gasteiger charge is -2.17. The number of fused-ring (bicyclic) bond motifs is 1. The summed E-state index contributed by atoms with van der Waals surface area (Å²) in [5.41, 5.74) is 3.79. The maximum Gasteiger partial charge on any atom is 0.237 e. The molecule has 0 N–H and O–H groups in total. The summed E-state index contributed by atoms with van der Waals surface area (Å²) in [4.78, 5) is 4.59. The van der Waals surface area contributed by atoms with Crippen LogP contribution in [0.2, 0.25) is 0 Å². The van der Waals surface area contributed by atoms with Gasteiger partial charge in [-0.25, -0.2) is 4.98 Å². The van der Waals surface area contributed by atoms with E-state index in [2.05, 4.69) is 27.0 Å². The van der Waals surface area contributed by atoms with Gasteiger partial charge in [-0.3, -0.25) is 0 Å². The number of hydrogen-bond acceptors (Lipinski definition) is 3. The summed E-state index contributed by atoms with van der Waals surface area (Å²) in [6.45, 7) is 1.98. The van der Waals surface area contributed by atoms with Crippen molar-refractivity contribution < 1.29 is 4.74 Å². The lowest BCUT2D eigenvalue weighted by Crippen LogP contribution is -2.07. The molecule has 3 nitrogen and oxygen atoms in total. The van der Waals surface area contributed by atoms with E-state index in [-0.39, 0.29) is 0 Å². The van der Waals surface area contributed by atoms with Crippen molar-refractivity contribution in [2.24, 2.45) is 0 Å². The van der Waals surface area contributed by atoms with Crippen LogP contribution in [0.25, 0.3) is 0 Å². The van der Waals surface area contributed by atoms with Crippen molar-refractivity contribution in [3.05, 3.63) is 51.1 Å². The predicted molar refractivity (Wildman–Crippen MR) is 84.5 cm³/mol. The molecule has 4 heteroatoms. The summed E-state index contributed by atoms with van der Waals surface area (Å²) in [5, 5.41) is 9.34. The van der Waals surface area contributed by atoms with Crippen molar-refractivity contribution in [1.29, 1.82) is 5.26 Å². The maximum absolute atomic E-state index is 9.34. The van der Waals surface area contributed by atoms with Gasteiger partial charge >= 0.3 is 0 Å². The van der Waals surface area contributed by atoms with E-state index in [4.69, 9.17) is 4.74 Å². The number of ether oxygens (including phenoxy) is 1. The zero-order valence-corrected chi connectivity index (χ0v) is 13.4. The standard InChI is InChI=1S/C17H15BrN2O/c1-11-6-7-14(18)9-16(11)21-17-13(10-19)8-12-4-2-3-5-15(12)20-17/h6-9H,2-5H2,1H3. The third-order valence-electron chi connectivity index (χ3n) is 3.74. The first-order valence-corrected chi connectivity index (χ1v) is 7.83. The highest BCUT2D eigenvalue weighted by Crippen LogP contribution is 2.31. The van der Waals surface area contributed by atoms with Gasteiger partial charge < -0.3 is 4.74 Å². The minimum atomic E-state index is 0.416. The van der Waals surface area contributed by atoms with Crippen LogP contribution in [0.15, 0.2) is 28.7 Å². The minimum Gasteiger partial charge on any atom is -0.437 e. The average Bonchev–Trinajstić information content (AvgIpc) is 2.50. The average molecular weight is 343 g/mol. The fourth-order valence-corrected chi connectivity index (χ4v) is 2.90. The Bertz CT molecular complexity index is 734. The van der Waals surface area contributed by atoms with Gasteiger partial charge in [0.05, 0.1) is 0 Å². The Morgan fingerprint density at radius 1 is 1.24 bits per heavy atom. The lowest BCUT2D eigenvalue weighted by molar-refractivity contribution is 0.452. The van der Waals surface area contributed by atoms with Crippen molar-refractivity contribution >= 4 is 15.9 Å². The van der Waals surface area contributed by atoms with Gasteiger partial charge in [0.1, 0.15) is 17.4 Å². The van der Waals surface area contributed by atoms with Crippen molar-refractivity contribution in [2.75, 3.05) is 0 Å². The zero-order valence-electron chi connectivity index (χ0n) is 11.8. The summed E-state index contributed by atoms with van der Waals surface area (Å²) in [6, 6.07) is 9.98. The summed E-state index contributed by atoms with van der Waals surface area (Å²) in [5.74, 6) is 1.14. The molecule has 0 atom stereocenters.